The topological polar surface area (TPSA) is 52.6 Å². The summed E-state index contributed by atoms with van der Waals surface area (Å²) in [6, 6.07) is 6.89. The molecule has 1 aromatic rings. The highest BCUT2D eigenvalue weighted by Crippen LogP contribution is 2.15. The zero-order valence-electron chi connectivity index (χ0n) is 15.4. The minimum Gasteiger partial charge on any atom is -0.494 e. The minimum atomic E-state index is -0.451. The number of esters is 1. The third kappa shape index (κ3) is 10.9. The lowest BCUT2D eigenvalue weighted by atomic mass is 10.1. The Hall–Kier alpha value is -1.81. The van der Waals surface area contributed by atoms with Crippen molar-refractivity contribution in [3.05, 3.63) is 42.5 Å². The van der Waals surface area contributed by atoms with Crippen LogP contribution >= 0.6 is 11.6 Å². The van der Waals surface area contributed by atoms with E-state index in [0.717, 1.165) is 31.4 Å². The van der Waals surface area contributed by atoms with E-state index >= 15 is 0 Å². The molecule has 0 unspecified atom stereocenters. The van der Waals surface area contributed by atoms with E-state index in [2.05, 4.69) is 6.58 Å². The van der Waals surface area contributed by atoms with E-state index in [9.17, 15) is 9.59 Å². The molecule has 0 saturated heterocycles. The van der Waals surface area contributed by atoms with Gasteiger partial charge in [-0.3, -0.25) is 4.79 Å². The molecule has 4 nitrogen and oxygen atoms in total. The second kappa shape index (κ2) is 14.4. The Bertz CT molecular complexity index is 539. The Morgan fingerprint density at radius 1 is 0.846 bits per heavy atom. The molecule has 0 radical (unpaired) electrons. The van der Waals surface area contributed by atoms with Gasteiger partial charge in [0.2, 0.25) is 0 Å². The first-order valence-corrected chi connectivity index (χ1v) is 9.73. The van der Waals surface area contributed by atoms with Crippen LogP contribution in [0.3, 0.4) is 0 Å². The Kier molecular flexibility index (Phi) is 12.3. The van der Waals surface area contributed by atoms with Gasteiger partial charge in [0.05, 0.1) is 13.2 Å². The maximum atomic E-state index is 11.0. The van der Waals surface area contributed by atoms with Crippen molar-refractivity contribution >= 4 is 22.8 Å². The molecule has 0 atom stereocenters. The van der Waals surface area contributed by atoms with Crippen LogP contribution in [0.15, 0.2) is 36.9 Å². The molecule has 1 aromatic carbocycles. The highest BCUT2D eigenvalue weighted by molar-refractivity contribution is 6.67. The molecule has 1 rings (SSSR count). The first-order valence-electron chi connectivity index (χ1n) is 9.35. The van der Waals surface area contributed by atoms with Crippen molar-refractivity contribution in [3.63, 3.8) is 0 Å². The molecule has 26 heavy (non-hydrogen) atoms. The smallest absolute Gasteiger partial charge is 0.330 e. The van der Waals surface area contributed by atoms with Crippen LogP contribution in [0.4, 0.5) is 0 Å². The van der Waals surface area contributed by atoms with Gasteiger partial charge >= 0.3 is 5.97 Å². The number of halogens is 1. The molecular weight excluding hydrogens is 352 g/mol. The third-order valence-corrected chi connectivity index (χ3v) is 4.27. The van der Waals surface area contributed by atoms with Crippen molar-refractivity contribution in [2.45, 2.75) is 57.8 Å². The second-order valence-corrected chi connectivity index (χ2v) is 6.54. The van der Waals surface area contributed by atoms with Crippen LogP contribution in [0, 0.1) is 0 Å². The fourth-order valence-electron chi connectivity index (χ4n) is 2.55. The predicted molar refractivity (Wildman–Crippen MR) is 105 cm³/mol. The minimum absolute atomic E-state index is 0.337. The van der Waals surface area contributed by atoms with Gasteiger partial charge in [-0.25, -0.2) is 4.79 Å². The van der Waals surface area contributed by atoms with Crippen molar-refractivity contribution in [2.75, 3.05) is 13.2 Å². The lowest BCUT2D eigenvalue weighted by molar-refractivity contribution is -0.137. The zero-order valence-corrected chi connectivity index (χ0v) is 16.1. The lowest BCUT2D eigenvalue weighted by Crippen LogP contribution is -2.01. The van der Waals surface area contributed by atoms with Gasteiger partial charge < -0.3 is 9.47 Å². The number of hydrogen-bond acceptors (Lipinski definition) is 4. The van der Waals surface area contributed by atoms with E-state index in [0.29, 0.717) is 18.8 Å². The fraction of sp³-hybridized carbons (Fsp3) is 0.524. The van der Waals surface area contributed by atoms with Crippen LogP contribution < -0.4 is 4.74 Å². The van der Waals surface area contributed by atoms with Gasteiger partial charge in [-0.2, -0.15) is 0 Å². The van der Waals surface area contributed by atoms with Crippen LogP contribution in [0.1, 0.15) is 68.1 Å². The van der Waals surface area contributed by atoms with E-state index < -0.39 is 5.24 Å². The molecule has 0 spiro atoms. The van der Waals surface area contributed by atoms with E-state index in [-0.39, 0.29) is 5.97 Å². The van der Waals surface area contributed by atoms with Crippen molar-refractivity contribution in [1.82, 2.24) is 0 Å². The number of ether oxygens (including phenoxy) is 2. The van der Waals surface area contributed by atoms with Crippen molar-refractivity contribution < 1.29 is 19.1 Å². The SMILES string of the molecule is C=CC(=O)OCCCCCCCCCCCOc1ccc(C(=O)Cl)cc1. The summed E-state index contributed by atoms with van der Waals surface area (Å²) in [6.07, 6.45) is 11.6. The summed E-state index contributed by atoms with van der Waals surface area (Å²) in [5.74, 6) is 0.432. The number of unbranched alkanes of at least 4 members (excludes halogenated alkanes) is 8. The molecule has 0 aliphatic rings. The molecule has 0 aliphatic heterocycles. The summed E-state index contributed by atoms with van der Waals surface area (Å²) in [5.41, 5.74) is 0.483. The molecule has 0 aliphatic carbocycles. The van der Waals surface area contributed by atoms with Gasteiger partial charge in [0.1, 0.15) is 5.75 Å². The normalized spacial score (nSPS) is 10.3. The molecule has 5 heteroatoms. The largest absolute Gasteiger partial charge is 0.494 e. The summed E-state index contributed by atoms with van der Waals surface area (Å²) >= 11 is 5.40. The Labute approximate surface area is 161 Å². The Balaban J connectivity index is 1.87. The molecule has 0 saturated carbocycles. The average molecular weight is 381 g/mol. The monoisotopic (exact) mass is 380 g/mol. The van der Waals surface area contributed by atoms with Crippen LogP contribution in [-0.2, 0) is 9.53 Å². The van der Waals surface area contributed by atoms with Crippen LogP contribution in [0.5, 0.6) is 5.75 Å². The maximum absolute atomic E-state index is 11.0. The van der Waals surface area contributed by atoms with Gasteiger partial charge in [-0.1, -0.05) is 51.5 Å². The first-order chi connectivity index (χ1) is 12.6. The number of carbonyl (C=O) groups is 2. The fourth-order valence-corrected chi connectivity index (χ4v) is 2.67. The van der Waals surface area contributed by atoms with Crippen LogP contribution in [-0.4, -0.2) is 24.4 Å². The van der Waals surface area contributed by atoms with E-state index in [4.69, 9.17) is 21.1 Å². The number of rotatable bonds is 15. The van der Waals surface area contributed by atoms with Gasteiger partial charge in [0.25, 0.3) is 5.24 Å². The van der Waals surface area contributed by atoms with Crippen molar-refractivity contribution in [3.8, 4) is 5.75 Å². The Morgan fingerprint density at radius 2 is 1.35 bits per heavy atom. The predicted octanol–water partition coefficient (Wildman–Crippen LogP) is 5.68. The quantitative estimate of drug-likeness (QED) is 0.170. The summed E-state index contributed by atoms with van der Waals surface area (Å²) < 4.78 is 10.6. The molecule has 0 aromatic heterocycles. The summed E-state index contributed by atoms with van der Waals surface area (Å²) in [5, 5.41) is -0.451. The number of benzene rings is 1. The highest BCUT2D eigenvalue weighted by Gasteiger charge is 2.01. The summed E-state index contributed by atoms with van der Waals surface area (Å²) in [7, 11) is 0. The van der Waals surface area contributed by atoms with Gasteiger partial charge in [0.15, 0.2) is 0 Å². The second-order valence-electron chi connectivity index (χ2n) is 6.20. The van der Waals surface area contributed by atoms with Gasteiger partial charge in [-0.15, -0.1) is 0 Å². The summed E-state index contributed by atoms with van der Waals surface area (Å²) in [6.45, 7) is 4.55. The van der Waals surface area contributed by atoms with Gasteiger partial charge in [-0.05, 0) is 48.7 Å². The Morgan fingerprint density at radius 3 is 1.85 bits per heavy atom. The zero-order chi connectivity index (χ0) is 19.0. The number of hydrogen-bond donors (Lipinski definition) is 0. The highest BCUT2D eigenvalue weighted by atomic mass is 35.5. The van der Waals surface area contributed by atoms with Crippen LogP contribution in [0.2, 0.25) is 0 Å². The van der Waals surface area contributed by atoms with Crippen molar-refractivity contribution in [1.29, 1.82) is 0 Å². The first kappa shape index (κ1) is 22.2. The third-order valence-electron chi connectivity index (χ3n) is 4.05. The molecule has 0 fully saturated rings. The number of carbonyl (C=O) groups excluding carboxylic acids is 2. The average Bonchev–Trinajstić information content (AvgIpc) is 2.65. The standard InChI is InChI=1S/C21H29ClO4/c1-2-20(23)26-17-11-9-7-5-3-4-6-8-10-16-25-19-14-12-18(13-15-19)21(22)24/h2,12-15H,1,3-11,16-17H2. The molecule has 0 bridgehead atoms. The molecule has 0 amide bonds. The van der Waals surface area contributed by atoms with E-state index in [1.165, 1.54) is 38.2 Å². The van der Waals surface area contributed by atoms with Gasteiger partial charge in [0, 0.05) is 11.6 Å². The van der Waals surface area contributed by atoms with E-state index in [1.807, 2.05) is 0 Å². The molecule has 144 valence electrons. The lowest BCUT2D eigenvalue weighted by Gasteiger charge is -2.06. The summed E-state index contributed by atoms with van der Waals surface area (Å²) in [4.78, 5) is 21.8. The van der Waals surface area contributed by atoms with E-state index in [1.54, 1.807) is 24.3 Å². The molecule has 0 N–H and O–H groups in total. The maximum Gasteiger partial charge on any atom is 0.330 e. The van der Waals surface area contributed by atoms with Crippen LogP contribution in [0.25, 0.3) is 0 Å². The molecular formula is C21H29ClO4. The molecule has 0 heterocycles. The van der Waals surface area contributed by atoms with Crippen molar-refractivity contribution in [2.24, 2.45) is 0 Å².